The fourth-order valence-corrected chi connectivity index (χ4v) is 0.352. The van der Waals surface area contributed by atoms with Crippen LogP contribution in [0.1, 0.15) is 0 Å². The molecule has 0 unspecified atom stereocenters. The molecule has 1 rings (SSSR count). The average Bonchev–Trinajstić information content (AvgIpc) is 2.12. The summed E-state index contributed by atoms with van der Waals surface area (Å²) in [5.74, 6) is -0.491. The van der Waals surface area contributed by atoms with E-state index in [4.69, 9.17) is 5.73 Å². The Bertz CT molecular complexity index is 170. The van der Waals surface area contributed by atoms with Gasteiger partial charge in [-0.05, 0) is 0 Å². The molecule has 0 fully saturated rings. The van der Waals surface area contributed by atoms with Crippen LogP contribution in [-0.2, 0) is 4.79 Å². The van der Waals surface area contributed by atoms with Gasteiger partial charge in [0, 0.05) is 0 Å². The number of amides is 1. The third kappa shape index (κ3) is 0.676. The summed E-state index contributed by atoms with van der Waals surface area (Å²) in [6.07, 6.45) is 2.64. The van der Waals surface area contributed by atoms with Gasteiger partial charge in [-0.2, -0.15) is 10.5 Å². The summed E-state index contributed by atoms with van der Waals surface area (Å²) >= 11 is 0. The lowest BCUT2D eigenvalue weighted by atomic mass is 10.3. The van der Waals surface area contributed by atoms with Gasteiger partial charge in [-0.15, -0.1) is 0 Å². The molecule has 0 aromatic rings. The molecular formula is C4H4N3O. The fourth-order valence-electron chi connectivity index (χ4n) is 0.352. The number of nitrogens with zero attached hydrogens (tertiary/aromatic N) is 2. The summed E-state index contributed by atoms with van der Waals surface area (Å²) in [5, 5.41) is 3.39. The Labute approximate surface area is 46.1 Å². The van der Waals surface area contributed by atoms with Crippen molar-refractivity contribution in [2.45, 2.75) is 0 Å². The average molecular weight is 110 g/mol. The van der Waals surface area contributed by atoms with E-state index >= 15 is 0 Å². The lowest BCUT2D eigenvalue weighted by Crippen LogP contribution is -2.13. The van der Waals surface area contributed by atoms with Crippen LogP contribution in [0, 0.1) is 0 Å². The lowest BCUT2D eigenvalue weighted by molar-refractivity contribution is -0.114. The molecule has 0 aromatic carbocycles. The maximum atomic E-state index is 10.2. The van der Waals surface area contributed by atoms with Crippen molar-refractivity contribution in [2.75, 3.05) is 0 Å². The summed E-state index contributed by atoms with van der Waals surface area (Å²) in [6, 6.07) is 0. The molecule has 0 saturated heterocycles. The molecule has 0 bridgehead atoms. The summed E-state index contributed by atoms with van der Waals surface area (Å²) in [4.78, 5) is 10.2. The van der Waals surface area contributed by atoms with Gasteiger partial charge in [0.15, 0.2) is 0 Å². The van der Waals surface area contributed by atoms with Crippen LogP contribution in [-0.4, -0.2) is 12.1 Å². The van der Waals surface area contributed by atoms with Crippen molar-refractivity contribution in [2.24, 2.45) is 10.8 Å². The van der Waals surface area contributed by atoms with Crippen LogP contribution in [0.2, 0.25) is 0 Å². The van der Waals surface area contributed by atoms with Crippen LogP contribution in [0.25, 0.3) is 0 Å². The molecule has 8 heavy (non-hydrogen) atoms. The Morgan fingerprint density at radius 1 is 1.75 bits per heavy atom. The highest BCUT2D eigenvalue weighted by Gasteiger charge is 2.04. The first-order valence-corrected chi connectivity index (χ1v) is 2.04. The topological polar surface area (TPSA) is 69.6 Å². The van der Waals surface area contributed by atoms with Crippen molar-refractivity contribution in [3.8, 4) is 0 Å². The second-order valence-corrected chi connectivity index (χ2v) is 1.31. The van der Waals surface area contributed by atoms with Gasteiger partial charge in [-0.1, -0.05) is 0 Å². The third-order valence-electron chi connectivity index (χ3n) is 0.745. The number of primary amides is 1. The number of carbonyl (C=O) groups excluding carboxylic acids is 1. The van der Waals surface area contributed by atoms with E-state index < -0.39 is 5.91 Å². The molecular weight excluding hydrogens is 106 g/mol. The Hall–Kier alpha value is -1.32. The van der Waals surface area contributed by atoms with E-state index in [2.05, 4.69) is 10.5 Å². The Kier molecular flexibility index (Phi) is 0.997. The second-order valence-electron chi connectivity index (χ2n) is 1.31. The van der Waals surface area contributed by atoms with Gasteiger partial charge in [0.25, 0.3) is 5.91 Å². The highest BCUT2D eigenvalue weighted by molar-refractivity contribution is 6.11. The number of carbonyl (C=O) groups is 1. The normalized spacial score (nSPS) is 15.2. The van der Waals surface area contributed by atoms with Crippen LogP contribution in [0.5, 0.6) is 0 Å². The highest BCUT2D eigenvalue weighted by Crippen LogP contribution is 1.92. The fraction of sp³-hybridized carbons (Fsp3) is 0. The third-order valence-corrected chi connectivity index (χ3v) is 0.745. The molecule has 0 aromatic heterocycles. The smallest absolute Gasteiger partial charge is 0.251 e. The molecule has 0 spiro atoms. The van der Waals surface area contributed by atoms with Crippen molar-refractivity contribution in [1.29, 1.82) is 0 Å². The van der Waals surface area contributed by atoms with Crippen molar-refractivity contribution in [1.82, 2.24) is 5.43 Å². The standard InChI is InChI=1S/C4H4N3O/c5-4(8)3-1-6-7-2-3/h1-2H,(H2,5,8). The van der Waals surface area contributed by atoms with Crippen LogP contribution in [0.4, 0.5) is 0 Å². The van der Waals surface area contributed by atoms with Crippen molar-refractivity contribution >= 4 is 12.1 Å². The first kappa shape index (κ1) is 4.83. The Morgan fingerprint density at radius 3 is 2.75 bits per heavy atom. The second kappa shape index (κ2) is 1.65. The molecule has 0 atom stereocenters. The van der Waals surface area contributed by atoms with Gasteiger partial charge in [-0.25, -0.2) is 0 Å². The van der Waals surface area contributed by atoms with E-state index in [-0.39, 0.29) is 0 Å². The molecule has 1 aliphatic heterocycles. The van der Waals surface area contributed by atoms with E-state index in [0.717, 1.165) is 0 Å². The maximum absolute atomic E-state index is 10.2. The molecule has 1 amide bonds. The number of hydrogen-bond donors (Lipinski definition) is 1. The van der Waals surface area contributed by atoms with Gasteiger partial charge < -0.3 is 5.73 Å². The maximum Gasteiger partial charge on any atom is 0.251 e. The zero-order valence-corrected chi connectivity index (χ0v) is 4.03. The lowest BCUT2D eigenvalue weighted by Gasteiger charge is -1.81. The molecule has 0 saturated carbocycles. The molecule has 2 N–H and O–H groups in total. The predicted octanol–water partition coefficient (Wildman–Crippen LogP) is -1.04. The monoisotopic (exact) mass is 110 g/mol. The van der Waals surface area contributed by atoms with E-state index in [0.29, 0.717) is 5.57 Å². The molecule has 1 radical (unpaired) electrons. The van der Waals surface area contributed by atoms with Gasteiger partial charge >= 0.3 is 0 Å². The first-order chi connectivity index (χ1) is 3.80. The zero-order valence-electron chi connectivity index (χ0n) is 4.03. The van der Waals surface area contributed by atoms with Gasteiger partial charge in [-0.3, -0.25) is 4.79 Å². The SMILES string of the molecule is NC(=O)C1=C[N]N=C1. The molecule has 1 heterocycles. The summed E-state index contributed by atoms with van der Waals surface area (Å²) < 4.78 is 0. The van der Waals surface area contributed by atoms with E-state index in [9.17, 15) is 4.79 Å². The van der Waals surface area contributed by atoms with Crippen molar-refractivity contribution < 1.29 is 4.79 Å². The number of hydrogen-bond acceptors (Lipinski definition) is 2. The number of nitrogens with two attached hydrogens (primary N) is 1. The van der Waals surface area contributed by atoms with Gasteiger partial charge in [0.1, 0.15) is 0 Å². The molecule has 1 aliphatic rings. The zero-order chi connectivity index (χ0) is 5.98. The van der Waals surface area contributed by atoms with E-state index in [1.807, 2.05) is 0 Å². The van der Waals surface area contributed by atoms with Crippen LogP contribution < -0.4 is 11.2 Å². The Balaban J connectivity index is 2.72. The summed E-state index contributed by atoms with van der Waals surface area (Å²) in [7, 11) is 0. The minimum Gasteiger partial charge on any atom is -0.365 e. The Morgan fingerprint density at radius 2 is 2.50 bits per heavy atom. The summed E-state index contributed by atoms with van der Waals surface area (Å²) in [5.41, 5.74) is 8.58. The minimum atomic E-state index is -0.491. The minimum absolute atomic E-state index is 0.352. The van der Waals surface area contributed by atoms with Crippen molar-refractivity contribution in [3.05, 3.63) is 11.8 Å². The molecule has 4 heteroatoms. The predicted molar refractivity (Wildman–Crippen MR) is 27.9 cm³/mol. The summed E-state index contributed by atoms with van der Waals surface area (Å²) in [6.45, 7) is 0. The van der Waals surface area contributed by atoms with Gasteiger partial charge in [0.2, 0.25) is 0 Å². The van der Waals surface area contributed by atoms with Crippen LogP contribution in [0.15, 0.2) is 16.9 Å². The number of rotatable bonds is 1. The van der Waals surface area contributed by atoms with Gasteiger partial charge in [0.05, 0.1) is 18.0 Å². The van der Waals surface area contributed by atoms with E-state index in [1.54, 1.807) is 0 Å². The first-order valence-electron chi connectivity index (χ1n) is 2.04. The largest absolute Gasteiger partial charge is 0.365 e. The van der Waals surface area contributed by atoms with Crippen LogP contribution >= 0.6 is 0 Å². The van der Waals surface area contributed by atoms with E-state index in [1.165, 1.54) is 12.4 Å². The quantitative estimate of drug-likeness (QED) is 0.460. The van der Waals surface area contributed by atoms with Crippen molar-refractivity contribution in [3.63, 3.8) is 0 Å². The molecule has 0 aliphatic carbocycles. The van der Waals surface area contributed by atoms with Crippen LogP contribution in [0.3, 0.4) is 0 Å². The highest BCUT2D eigenvalue weighted by atomic mass is 16.1. The molecule has 4 nitrogen and oxygen atoms in total. The molecule has 41 valence electrons.